The molecule has 5 nitrogen and oxygen atoms in total. The second-order valence-electron chi connectivity index (χ2n) is 7.33. The minimum atomic E-state index is 0.0415. The summed E-state index contributed by atoms with van der Waals surface area (Å²) in [7, 11) is 3.36. The van der Waals surface area contributed by atoms with Gasteiger partial charge in [0.1, 0.15) is 11.5 Å². The Kier molecular flexibility index (Phi) is 7.18. The van der Waals surface area contributed by atoms with Gasteiger partial charge in [0.2, 0.25) is 0 Å². The number of amides is 2. The maximum absolute atomic E-state index is 12.4. The molecule has 2 amide bonds. The molecule has 1 aliphatic rings. The maximum Gasteiger partial charge on any atom is 0.317 e. The second-order valence-corrected chi connectivity index (χ2v) is 7.33. The summed E-state index contributed by atoms with van der Waals surface area (Å²) in [6, 6.07) is 16.1. The highest BCUT2D eigenvalue weighted by Crippen LogP contribution is 2.27. The molecule has 2 aromatic rings. The zero-order valence-corrected chi connectivity index (χ0v) is 16.8. The number of carbonyl (C=O) groups is 1. The van der Waals surface area contributed by atoms with E-state index in [4.69, 9.17) is 9.47 Å². The predicted octanol–water partition coefficient (Wildman–Crippen LogP) is 4.26. The topological polar surface area (TPSA) is 50.8 Å². The van der Waals surface area contributed by atoms with Crippen LogP contribution in [-0.2, 0) is 13.0 Å². The SMILES string of the molecule is COc1cc(CCC2CCN(C(=O)NCc3ccccc3)CC2)cc(OC)c1. The summed E-state index contributed by atoms with van der Waals surface area (Å²) in [4.78, 5) is 14.3. The number of nitrogens with zero attached hydrogens (tertiary/aromatic N) is 1. The Balaban J connectivity index is 1.42. The molecule has 150 valence electrons. The molecule has 1 aliphatic heterocycles. The van der Waals surface area contributed by atoms with Gasteiger partial charge in [-0.1, -0.05) is 30.3 Å². The van der Waals surface area contributed by atoms with E-state index in [1.54, 1.807) is 14.2 Å². The number of methoxy groups -OCH3 is 2. The van der Waals surface area contributed by atoms with Crippen molar-refractivity contribution in [3.63, 3.8) is 0 Å². The van der Waals surface area contributed by atoms with Gasteiger partial charge in [0.25, 0.3) is 0 Å². The molecule has 0 radical (unpaired) electrons. The molecular weight excluding hydrogens is 352 g/mol. The van der Waals surface area contributed by atoms with Gasteiger partial charge in [-0.05, 0) is 54.9 Å². The van der Waals surface area contributed by atoms with E-state index in [0.29, 0.717) is 12.5 Å². The number of hydrogen-bond acceptors (Lipinski definition) is 3. The Labute approximate surface area is 167 Å². The van der Waals surface area contributed by atoms with E-state index < -0.39 is 0 Å². The molecule has 1 N–H and O–H groups in total. The minimum Gasteiger partial charge on any atom is -0.497 e. The van der Waals surface area contributed by atoms with Crippen LogP contribution in [0.2, 0.25) is 0 Å². The Bertz CT molecular complexity index is 733. The Morgan fingerprint density at radius 1 is 1.00 bits per heavy atom. The average Bonchev–Trinajstić information content (AvgIpc) is 2.76. The number of likely N-dealkylation sites (tertiary alicyclic amines) is 1. The molecular formula is C23H30N2O3. The van der Waals surface area contributed by atoms with Gasteiger partial charge in [-0.3, -0.25) is 0 Å². The van der Waals surface area contributed by atoms with E-state index in [0.717, 1.165) is 55.8 Å². The first-order valence-electron chi connectivity index (χ1n) is 9.96. The van der Waals surface area contributed by atoms with Crippen molar-refractivity contribution in [1.82, 2.24) is 10.2 Å². The van der Waals surface area contributed by atoms with Crippen LogP contribution in [0.25, 0.3) is 0 Å². The molecule has 0 atom stereocenters. The molecule has 0 aromatic heterocycles. The smallest absolute Gasteiger partial charge is 0.317 e. The summed E-state index contributed by atoms with van der Waals surface area (Å²) in [6.45, 7) is 2.23. The molecule has 5 heteroatoms. The van der Waals surface area contributed by atoms with Crippen LogP contribution in [0.5, 0.6) is 11.5 Å². The third kappa shape index (κ3) is 5.65. The van der Waals surface area contributed by atoms with Crippen LogP contribution in [0, 0.1) is 5.92 Å². The molecule has 0 spiro atoms. The van der Waals surface area contributed by atoms with Crippen molar-refractivity contribution < 1.29 is 14.3 Å². The summed E-state index contributed by atoms with van der Waals surface area (Å²) in [5.74, 6) is 2.31. The van der Waals surface area contributed by atoms with Crippen molar-refractivity contribution in [2.45, 2.75) is 32.2 Å². The Morgan fingerprint density at radius 3 is 2.25 bits per heavy atom. The van der Waals surface area contributed by atoms with E-state index in [-0.39, 0.29) is 6.03 Å². The van der Waals surface area contributed by atoms with Crippen molar-refractivity contribution in [3.8, 4) is 11.5 Å². The lowest BCUT2D eigenvalue weighted by molar-refractivity contribution is 0.168. The average molecular weight is 383 g/mol. The number of ether oxygens (including phenoxy) is 2. The van der Waals surface area contributed by atoms with Crippen LogP contribution in [0.4, 0.5) is 4.79 Å². The fourth-order valence-corrected chi connectivity index (χ4v) is 3.69. The molecule has 0 saturated carbocycles. The highest BCUT2D eigenvalue weighted by molar-refractivity contribution is 5.74. The van der Waals surface area contributed by atoms with Gasteiger partial charge < -0.3 is 19.7 Å². The van der Waals surface area contributed by atoms with Crippen molar-refractivity contribution in [2.24, 2.45) is 5.92 Å². The van der Waals surface area contributed by atoms with Crippen molar-refractivity contribution >= 4 is 6.03 Å². The van der Waals surface area contributed by atoms with E-state index in [1.807, 2.05) is 41.3 Å². The first-order valence-corrected chi connectivity index (χ1v) is 9.96. The number of urea groups is 1. The van der Waals surface area contributed by atoms with Crippen LogP contribution < -0.4 is 14.8 Å². The molecule has 1 heterocycles. The summed E-state index contributed by atoms with van der Waals surface area (Å²) in [5.41, 5.74) is 2.36. The summed E-state index contributed by atoms with van der Waals surface area (Å²) < 4.78 is 10.7. The minimum absolute atomic E-state index is 0.0415. The van der Waals surface area contributed by atoms with Crippen LogP contribution >= 0.6 is 0 Å². The molecule has 3 rings (SSSR count). The summed E-state index contributed by atoms with van der Waals surface area (Å²) >= 11 is 0. The van der Waals surface area contributed by atoms with Crippen molar-refractivity contribution in [3.05, 3.63) is 59.7 Å². The fraction of sp³-hybridized carbons (Fsp3) is 0.435. The monoisotopic (exact) mass is 382 g/mol. The maximum atomic E-state index is 12.4. The number of hydrogen-bond donors (Lipinski definition) is 1. The van der Waals surface area contributed by atoms with Crippen LogP contribution in [0.1, 0.15) is 30.4 Å². The van der Waals surface area contributed by atoms with Crippen molar-refractivity contribution in [1.29, 1.82) is 0 Å². The first kappa shape index (κ1) is 20.1. The predicted molar refractivity (Wildman–Crippen MR) is 111 cm³/mol. The lowest BCUT2D eigenvalue weighted by atomic mass is 9.90. The Morgan fingerprint density at radius 2 is 1.64 bits per heavy atom. The summed E-state index contributed by atoms with van der Waals surface area (Å²) in [5, 5.41) is 3.03. The zero-order valence-electron chi connectivity index (χ0n) is 16.8. The van der Waals surface area contributed by atoms with Crippen molar-refractivity contribution in [2.75, 3.05) is 27.3 Å². The second kappa shape index (κ2) is 10.0. The lowest BCUT2D eigenvalue weighted by Gasteiger charge is -2.32. The van der Waals surface area contributed by atoms with Gasteiger partial charge in [0.15, 0.2) is 0 Å². The van der Waals surface area contributed by atoms with E-state index in [1.165, 1.54) is 5.56 Å². The Hall–Kier alpha value is -2.69. The third-order valence-corrected chi connectivity index (χ3v) is 5.44. The third-order valence-electron chi connectivity index (χ3n) is 5.44. The summed E-state index contributed by atoms with van der Waals surface area (Å²) in [6.07, 6.45) is 4.23. The molecule has 1 saturated heterocycles. The quantitative estimate of drug-likeness (QED) is 0.778. The van der Waals surface area contributed by atoms with Crippen LogP contribution in [0.15, 0.2) is 48.5 Å². The van der Waals surface area contributed by atoms with Gasteiger partial charge in [-0.15, -0.1) is 0 Å². The number of aryl methyl sites for hydroxylation is 1. The molecule has 0 aliphatic carbocycles. The van der Waals surface area contributed by atoms with Gasteiger partial charge in [0, 0.05) is 25.7 Å². The van der Waals surface area contributed by atoms with Gasteiger partial charge in [-0.2, -0.15) is 0 Å². The molecule has 1 fully saturated rings. The highest BCUT2D eigenvalue weighted by Gasteiger charge is 2.22. The van der Waals surface area contributed by atoms with Gasteiger partial charge in [-0.25, -0.2) is 4.79 Å². The normalized spacial score (nSPS) is 14.6. The highest BCUT2D eigenvalue weighted by atomic mass is 16.5. The van der Waals surface area contributed by atoms with Crippen LogP contribution in [-0.4, -0.2) is 38.2 Å². The molecule has 28 heavy (non-hydrogen) atoms. The number of nitrogens with one attached hydrogen (secondary N) is 1. The molecule has 0 bridgehead atoms. The van der Waals surface area contributed by atoms with E-state index in [2.05, 4.69) is 17.4 Å². The first-order chi connectivity index (χ1) is 13.7. The molecule has 0 unspecified atom stereocenters. The van der Waals surface area contributed by atoms with E-state index >= 15 is 0 Å². The zero-order chi connectivity index (χ0) is 19.8. The number of benzene rings is 2. The molecule has 2 aromatic carbocycles. The standard InChI is InChI=1S/C23H30N2O3/c1-27-21-14-20(15-22(16-21)28-2)9-8-18-10-12-25(13-11-18)23(26)24-17-19-6-4-3-5-7-19/h3-7,14-16,18H,8-13,17H2,1-2H3,(H,24,26). The van der Waals surface area contributed by atoms with Gasteiger partial charge >= 0.3 is 6.03 Å². The van der Waals surface area contributed by atoms with Gasteiger partial charge in [0.05, 0.1) is 14.2 Å². The van der Waals surface area contributed by atoms with E-state index in [9.17, 15) is 4.79 Å². The fourth-order valence-electron chi connectivity index (χ4n) is 3.69. The van der Waals surface area contributed by atoms with Crippen LogP contribution in [0.3, 0.4) is 0 Å². The lowest BCUT2D eigenvalue weighted by Crippen LogP contribution is -2.44. The largest absolute Gasteiger partial charge is 0.497 e. The number of carbonyl (C=O) groups excluding carboxylic acids is 1. The number of rotatable bonds is 7. The number of piperidine rings is 1.